The molecule has 3 rings (SSSR count). The van der Waals surface area contributed by atoms with Gasteiger partial charge in [0.2, 0.25) is 0 Å². The van der Waals surface area contributed by atoms with Crippen LogP contribution in [0.3, 0.4) is 0 Å². The van der Waals surface area contributed by atoms with Crippen molar-refractivity contribution >= 4 is 29.3 Å². The Hall–Kier alpha value is -3.76. The van der Waals surface area contributed by atoms with Crippen LogP contribution in [0.1, 0.15) is 49.5 Å². The standard InChI is InChI=1S/C24H27F3N4O4/c1-23(2,3)35-22(34)31-14-6-9-19(31)21(33)30-29-20(32)17-7-4-5-8-18(17)28-16-12-10-15(11-13-16)24(25,26)27/h4-5,7-8,10-13,19,28H,6,9,14H2,1-3H3,(H,29,32)(H,30,33). The minimum atomic E-state index is -4.45. The Morgan fingerprint density at radius 3 is 2.26 bits per heavy atom. The maximum Gasteiger partial charge on any atom is 0.416 e. The summed E-state index contributed by atoms with van der Waals surface area (Å²) in [4.78, 5) is 39.1. The Bertz CT molecular complexity index is 1080. The van der Waals surface area contributed by atoms with Gasteiger partial charge in [0.25, 0.3) is 11.8 Å². The van der Waals surface area contributed by atoms with Gasteiger partial charge in [0.15, 0.2) is 0 Å². The first-order chi connectivity index (χ1) is 16.3. The fraction of sp³-hybridized carbons (Fsp3) is 0.375. The number of rotatable bonds is 4. The van der Waals surface area contributed by atoms with Crippen LogP contribution in [0.2, 0.25) is 0 Å². The van der Waals surface area contributed by atoms with Crippen molar-refractivity contribution < 1.29 is 32.3 Å². The van der Waals surface area contributed by atoms with Gasteiger partial charge in [0.05, 0.1) is 16.8 Å². The highest BCUT2D eigenvalue weighted by atomic mass is 19.4. The van der Waals surface area contributed by atoms with E-state index in [2.05, 4.69) is 16.2 Å². The molecule has 0 radical (unpaired) electrons. The van der Waals surface area contributed by atoms with Crippen molar-refractivity contribution in [2.45, 2.75) is 51.4 Å². The van der Waals surface area contributed by atoms with Gasteiger partial charge in [0.1, 0.15) is 11.6 Å². The number of hydrogen-bond donors (Lipinski definition) is 3. The molecule has 1 fully saturated rings. The number of likely N-dealkylation sites (tertiary alicyclic amines) is 1. The lowest BCUT2D eigenvalue weighted by Crippen LogP contribution is -2.52. The molecule has 1 unspecified atom stereocenters. The summed E-state index contributed by atoms with van der Waals surface area (Å²) in [6.45, 7) is 5.55. The molecule has 2 aromatic rings. The summed E-state index contributed by atoms with van der Waals surface area (Å²) < 4.78 is 43.7. The molecule has 8 nitrogen and oxygen atoms in total. The van der Waals surface area contributed by atoms with Crippen LogP contribution in [0.25, 0.3) is 0 Å². The molecule has 1 saturated heterocycles. The predicted molar refractivity (Wildman–Crippen MR) is 123 cm³/mol. The second-order valence-electron chi connectivity index (χ2n) is 9.02. The van der Waals surface area contributed by atoms with E-state index in [0.717, 1.165) is 12.1 Å². The summed E-state index contributed by atoms with van der Waals surface area (Å²) >= 11 is 0. The van der Waals surface area contributed by atoms with Crippen molar-refractivity contribution in [2.75, 3.05) is 11.9 Å². The van der Waals surface area contributed by atoms with Gasteiger partial charge in [-0.25, -0.2) is 4.79 Å². The lowest BCUT2D eigenvalue weighted by molar-refractivity contribution is -0.137. The molecule has 1 aliphatic rings. The molecular formula is C24H27F3N4O4. The number of hydrogen-bond acceptors (Lipinski definition) is 5. The van der Waals surface area contributed by atoms with Crippen molar-refractivity contribution in [1.82, 2.24) is 15.8 Å². The number of carbonyl (C=O) groups is 3. The third kappa shape index (κ3) is 6.87. The van der Waals surface area contributed by atoms with Gasteiger partial charge in [-0.05, 0) is 70.0 Å². The van der Waals surface area contributed by atoms with E-state index >= 15 is 0 Å². The monoisotopic (exact) mass is 492 g/mol. The minimum Gasteiger partial charge on any atom is -0.444 e. The second-order valence-corrected chi connectivity index (χ2v) is 9.02. The largest absolute Gasteiger partial charge is 0.444 e. The van der Waals surface area contributed by atoms with Gasteiger partial charge < -0.3 is 10.1 Å². The number of nitrogens with one attached hydrogen (secondary N) is 3. The summed E-state index contributed by atoms with van der Waals surface area (Å²) in [6, 6.07) is 9.92. The van der Waals surface area contributed by atoms with Crippen molar-refractivity contribution in [1.29, 1.82) is 0 Å². The van der Waals surface area contributed by atoms with Crippen LogP contribution in [-0.4, -0.2) is 41.0 Å². The Morgan fingerprint density at radius 1 is 0.971 bits per heavy atom. The fourth-order valence-corrected chi connectivity index (χ4v) is 3.54. The van der Waals surface area contributed by atoms with Gasteiger partial charge >= 0.3 is 12.3 Å². The number of halogens is 3. The first-order valence-electron chi connectivity index (χ1n) is 11.0. The molecule has 0 saturated carbocycles. The first-order valence-corrected chi connectivity index (χ1v) is 11.0. The molecule has 0 spiro atoms. The Kier molecular flexibility index (Phi) is 7.57. The predicted octanol–water partition coefficient (Wildman–Crippen LogP) is 4.61. The lowest BCUT2D eigenvalue weighted by atomic mass is 10.1. The first kappa shape index (κ1) is 25.9. The van der Waals surface area contributed by atoms with Gasteiger partial charge in [0, 0.05) is 12.2 Å². The summed E-state index contributed by atoms with van der Waals surface area (Å²) in [5.74, 6) is -1.20. The normalized spacial score (nSPS) is 15.9. The molecular weight excluding hydrogens is 465 g/mol. The van der Waals surface area contributed by atoms with E-state index in [1.54, 1.807) is 39.0 Å². The quantitative estimate of drug-likeness (QED) is 0.542. The summed E-state index contributed by atoms with van der Waals surface area (Å²) in [6.07, 6.45) is -4.02. The Labute approximate surface area is 200 Å². The van der Waals surface area contributed by atoms with Crippen molar-refractivity contribution in [3.63, 3.8) is 0 Å². The second kappa shape index (κ2) is 10.2. The van der Waals surface area contributed by atoms with E-state index in [1.807, 2.05) is 0 Å². The van der Waals surface area contributed by atoms with Crippen molar-refractivity contribution in [3.05, 3.63) is 59.7 Å². The van der Waals surface area contributed by atoms with Crippen LogP contribution >= 0.6 is 0 Å². The zero-order valence-corrected chi connectivity index (χ0v) is 19.5. The maximum atomic E-state index is 12.8. The molecule has 1 heterocycles. The third-order valence-corrected chi connectivity index (χ3v) is 5.15. The number of amides is 3. The van der Waals surface area contributed by atoms with Crippen LogP contribution in [0, 0.1) is 0 Å². The zero-order valence-electron chi connectivity index (χ0n) is 19.5. The average Bonchev–Trinajstić information content (AvgIpc) is 3.27. The van der Waals surface area contributed by atoms with Gasteiger partial charge in [-0.3, -0.25) is 25.3 Å². The topological polar surface area (TPSA) is 99.8 Å². The Morgan fingerprint density at radius 2 is 1.63 bits per heavy atom. The average molecular weight is 492 g/mol. The molecule has 2 aromatic carbocycles. The van der Waals surface area contributed by atoms with Gasteiger partial charge in [-0.15, -0.1) is 0 Å². The number of nitrogens with zero attached hydrogens (tertiary/aromatic N) is 1. The van der Waals surface area contributed by atoms with Gasteiger partial charge in [-0.2, -0.15) is 13.2 Å². The van der Waals surface area contributed by atoms with E-state index in [4.69, 9.17) is 4.74 Å². The molecule has 1 atom stereocenters. The number of para-hydroxylation sites is 1. The Balaban J connectivity index is 1.63. The van der Waals surface area contributed by atoms with Crippen LogP contribution < -0.4 is 16.2 Å². The molecule has 0 bridgehead atoms. The molecule has 1 aliphatic heterocycles. The minimum absolute atomic E-state index is 0.156. The highest BCUT2D eigenvalue weighted by Crippen LogP contribution is 2.30. The highest BCUT2D eigenvalue weighted by molar-refractivity contribution is 6.01. The molecule has 35 heavy (non-hydrogen) atoms. The lowest BCUT2D eigenvalue weighted by Gasteiger charge is -2.28. The zero-order chi connectivity index (χ0) is 25.8. The van der Waals surface area contributed by atoms with E-state index in [1.165, 1.54) is 23.1 Å². The number of hydrazine groups is 1. The van der Waals surface area contributed by atoms with E-state index in [-0.39, 0.29) is 5.56 Å². The SMILES string of the molecule is CC(C)(C)OC(=O)N1CCCC1C(=O)NNC(=O)c1ccccc1Nc1ccc(C(F)(F)F)cc1. The number of ether oxygens (including phenoxy) is 1. The number of benzene rings is 2. The van der Waals surface area contributed by atoms with Crippen molar-refractivity contribution in [3.8, 4) is 0 Å². The molecule has 3 N–H and O–H groups in total. The number of alkyl halides is 3. The van der Waals surface area contributed by atoms with E-state index in [9.17, 15) is 27.6 Å². The smallest absolute Gasteiger partial charge is 0.416 e. The fourth-order valence-electron chi connectivity index (χ4n) is 3.54. The number of carbonyl (C=O) groups excluding carboxylic acids is 3. The molecule has 3 amide bonds. The summed E-state index contributed by atoms with van der Waals surface area (Å²) in [5.41, 5.74) is 4.01. The van der Waals surface area contributed by atoms with E-state index < -0.39 is 41.3 Å². The number of anilines is 2. The third-order valence-electron chi connectivity index (χ3n) is 5.15. The molecule has 0 aromatic heterocycles. The van der Waals surface area contributed by atoms with Crippen LogP contribution in [-0.2, 0) is 15.7 Å². The molecule has 188 valence electrons. The summed E-state index contributed by atoms with van der Waals surface area (Å²) in [5, 5.41) is 2.91. The highest BCUT2D eigenvalue weighted by Gasteiger charge is 2.37. The van der Waals surface area contributed by atoms with Gasteiger partial charge in [-0.1, -0.05) is 12.1 Å². The molecule has 11 heteroatoms. The van der Waals surface area contributed by atoms with Crippen LogP contribution in [0.5, 0.6) is 0 Å². The van der Waals surface area contributed by atoms with Crippen LogP contribution in [0.4, 0.5) is 29.3 Å². The molecule has 0 aliphatic carbocycles. The summed E-state index contributed by atoms with van der Waals surface area (Å²) in [7, 11) is 0. The van der Waals surface area contributed by atoms with Crippen molar-refractivity contribution in [2.24, 2.45) is 0 Å². The van der Waals surface area contributed by atoms with Crippen LogP contribution in [0.15, 0.2) is 48.5 Å². The maximum absolute atomic E-state index is 12.8. The van der Waals surface area contributed by atoms with E-state index in [0.29, 0.717) is 30.8 Å².